The molecule has 0 bridgehead atoms. The van der Waals surface area contributed by atoms with Crippen molar-refractivity contribution >= 4 is 28.6 Å². The van der Waals surface area contributed by atoms with Gasteiger partial charge in [0.05, 0.1) is 6.04 Å². The summed E-state index contributed by atoms with van der Waals surface area (Å²) in [6.45, 7) is 1.65. The van der Waals surface area contributed by atoms with Gasteiger partial charge in [-0.1, -0.05) is 55.5 Å². The largest absolute Gasteiger partial charge is 0.459 e. The van der Waals surface area contributed by atoms with Crippen LogP contribution in [0.15, 0.2) is 60.8 Å². The molecule has 0 fully saturated rings. The van der Waals surface area contributed by atoms with Crippen molar-refractivity contribution < 1.29 is 19.1 Å². The van der Waals surface area contributed by atoms with Gasteiger partial charge < -0.3 is 20.4 Å². The topological polar surface area (TPSA) is 103 Å². The van der Waals surface area contributed by atoms with E-state index >= 15 is 0 Å². The Morgan fingerprint density at radius 2 is 1.74 bits per heavy atom. The fraction of sp³-hybridized carbons (Fsp3) is 0.292. The molecule has 2 atom stereocenters. The van der Waals surface area contributed by atoms with Crippen LogP contribution in [0.2, 0.25) is 0 Å². The molecule has 7 nitrogen and oxygen atoms in total. The summed E-state index contributed by atoms with van der Waals surface area (Å²) in [6.07, 6.45) is 2.30. The van der Waals surface area contributed by atoms with Crippen molar-refractivity contribution in [1.29, 1.82) is 0 Å². The highest BCUT2D eigenvalue weighted by Gasteiger charge is 2.30. The molecule has 0 aliphatic rings. The maximum Gasteiger partial charge on any atom is 0.336 e. The summed E-state index contributed by atoms with van der Waals surface area (Å²) < 4.78 is 7.23. The number of para-hydroxylation sites is 1. The number of aryl methyl sites for hydroxylation is 1. The van der Waals surface area contributed by atoms with E-state index in [0.29, 0.717) is 0 Å². The number of rotatable bonds is 9. The zero-order valence-corrected chi connectivity index (χ0v) is 17.7. The summed E-state index contributed by atoms with van der Waals surface area (Å²) in [5.41, 5.74) is 8.87. The van der Waals surface area contributed by atoms with Gasteiger partial charge in [0.1, 0.15) is 6.61 Å². The van der Waals surface area contributed by atoms with E-state index in [1.165, 1.54) is 0 Å². The van der Waals surface area contributed by atoms with Crippen LogP contribution in [0, 0.1) is 0 Å². The molecule has 3 rings (SSSR count). The van der Waals surface area contributed by atoms with Gasteiger partial charge in [-0.2, -0.15) is 0 Å². The summed E-state index contributed by atoms with van der Waals surface area (Å²) in [5.74, 6) is -1.79. The number of hydrogen-bond donors (Lipinski definition) is 2. The average Bonchev–Trinajstić information content (AvgIpc) is 3.11. The molecule has 3 N–H and O–H groups in total. The van der Waals surface area contributed by atoms with E-state index in [4.69, 9.17) is 10.5 Å². The van der Waals surface area contributed by atoms with Crippen LogP contribution in [0.5, 0.6) is 0 Å². The second-order valence-electron chi connectivity index (χ2n) is 7.45. The first-order valence-corrected chi connectivity index (χ1v) is 10.2. The lowest BCUT2D eigenvalue weighted by atomic mass is 10.0. The van der Waals surface area contributed by atoms with Gasteiger partial charge in [-0.3, -0.25) is 9.59 Å². The SMILES string of the molecule is CCC(=O)[C@H](NC(=O)[C@@H](N)Cc1cn(C)c2ccccc12)C(=O)OCc1ccccc1. The number of fused-ring (bicyclic) bond motifs is 1. The molecule has 1 amide bonds. The number of nitrogens with one attached hydrogen (secondary N) is 1. The van der Waals surface area contributed by atoms with Crippen LogP contribution in [-0.2, 0) is 39.2 Å². The number of nitrogens with zero attached hydrogens (tertiary/aromatic N) is 1. The van der Waals surface area contributed by atoms with E-state index in [1.807, 2.05) is 72.4 Å². The number of amides is 1. The van der Waals surface area contributed by atoms with Crippen LogP contribution >= 0.6 is 0 Å². The minimum absolute atomic E-state index is 0.0189. The van der Waals surface area contributed by atoms with Gasteiger partial charge in [-0.15, -0.1) is 0 Å². The molecular formula is C24H27N3O4. The maximum absolute atomic E-state index is 12.7. The molecule has 0 saturated heterocycles. The number of carbonyl (C=O) groups is 3. The second kappa shape index (κ2) is 10.0. The third-order valence-electron chi connectivity index (χ3n) is 5.17. The molecule has 7 heteroatoms. The molecule has 0 aliphatic carbocycles. The molecule has 2 aromatic carbocycles. The normalized spacial score (nSPS) is 12.9. The van der Waals surface area contributed by atoms with Crippen molar-refractivity contribution in [2.45, 2.75) is 38.5 Å². The first-order chi connectivity index (χ1) is 14.9. The predicted molar refractivity (Wildman–Crippen MR) is 118 cm³/mol. The zero-order valence-electron chi connectivity index (χ0n) is 17.7. The van der Waals surface area contributed by atoms with Crippen molar-refractivity contribution in [3.05, 3.63) is 71.9 Å². The molecule has 1 aromatic heterocycles. The highest BCUT2D eigenvalue weighted by Crippen LogP contribution is 2.21. The third-order valence-corrected chi connectivity index (χ3v) is 5.17. The molecule has 1 heterocycles. The molecule has 162 valence electrons. The van der Waals surface area contributed by atoms with Crippen LogP contribution in [0.25, 0.3) is 10.9 Å². The highest BCUT2D eigenvalue weighted by molar-refractivity contribution is 6.06. The van der Waals surface area contributed by atoms with E-state index in [2.05, 4.69) is 5.32 Å². The lowest BCUT2D eigenvalue weighted by Crippen LogP contribution is -2.52. The van der Waals surface area contributed by atoms with Gasteiger partial charge in [0.15, 0.2) is 11.8 Å². The fourth-order valence-electron chi connectivity index (χ4n) is 3.45. The van der Waals surface area contributed by atoms with Crippen molar-refractivity contribution in [2.24, 2.45) is 12.8 Å². The Labute approximate surface area is 181 Å². The Morgan fingerprint density at radius 1 is 1.06 bits per heavy atom. The van der Waals surface area contributed by atoms with Crippen LogP contribution in [0.3, 0.4) is 0 Å². The highest BCUT2D eigenvalue weighted by atomic mass is 16.5. The first kappa shape index (κ1) is 22.2. The Balaban J connectivity index is 1.66. The van der Waals surface area contributed by atoms with E-state index in [0.717, 1.165) is 22.0 Å². The maximum atomic E-state index is 12.7. The Bertz CT molecular complexity index is 1070. The third kappa shape index (κ3) is 5.38. The Hall–Kier alpha value is -3.45. The van der Waals surface area contributed by atoms with Crippen LogP contribution in [0.4, 0.5) is 0 Å². The van der Waals surface area contributed by atoms with Crippen LogP contribution in [-0.4, -0.2) is 34.3 Å². The van der Waals surface area contributed by atoms with Gasteiger partial charge in [-0.05, 0) is 23.6 Å². The van der Waals surface area contributed by atoms with Crippen molar-refractivity contribution in [1.82, 2.24) is 9.88 Å². The number of ketones is 1. The molecule has 0 unspecified atom stereocenters. The minimum atomic E-state index is -1.38. The Kier molecular flexibility index (Phi) is 7.20. The number of ether oxygens (including phenoxy) is 1. The average molecular weight is 421 g/mol. The fourth-order valence-corrected chi connectivity index (χ4v) is 3.45. The quantitative estimate of drug-likeness (QED) is 0.407. The molecular weight excluding hydrogens is 394 g/mol. The first-order valence-electron chi connectivity index (χ1n) is 10.2. The van der Waals surface area contributed by atoms with E-state index in [9.17, 15) is 14.4 Å². The second-order valence-corrected chi connectivity index (χ2v) is 7.45. The summed E-state index contributed by atoms with van der Waals surface area (Å²) in [5, 5.41) is 3.49. The van der Waals surface area contributed by atoms with Crippen molar-refractivity contribution in [3.63, 3.8) is 0 Å². The van der Waals surface area contributed by atoms with Gasteiger partial charge in [0, 0.05) is 30.6 Å². The van der Waals surface area contributed by atoms with Gasteiger partial charge in [0.2, 0.25) is 5.91 Å². The molecule has 0 spiro atoms. The number of nitrogens with two attached hydrogens (primary N) is 1. The Morgan fingerprint density at radius 3 is 2.45 bits per heavy atom. The standard InChI is InChI=1S/C24H27N3O4/c1-3-21(28)22(24(30)31-15-16-9-5-4-6-10-16)26-23(29)19(25)13-17-14-27(2)20-12-8-7-11-18(17)20/h4-12,14,19,22H,3,13,15,25H2,1-2H3,(H,26,29)/t19-,22-/m0/s1. The number of esters is 1. The lowest BCUT2D eigenvalue weighted by molar-refractivity contribution is -0.152. The van der Waals surface area contributed by atoms with E-state index in [-0.39, 0.29) is 19.4 Å². The summed E-state index contributed by atoms with van der Waals surface area (Å²) in [6, 6.07) is 14.7. The van der Waals surface area contributed by atoms with Crippen LogP contribution < -0.4 is 11.1 Å². The zero-order chi connectivity index (χ0) is 22.4. The van der Waals surface area contributed by atoms with Gasteiger partial charge >= 0.3 is 5.97 Å². The van der Waals surface area contributed by atoms with Crippen LogP contribution in [0.1, 0.15) is 24.5 Å². The molecule has 31 heavy (non-hydrogen) atoms. The van der Waals surface area contributed by atoms with Crippen molar-refractivity contribution in [2.75, 3.05) is 0 Å². The molecule has 0 radical (unpaired) electrons. The minimum Gasteiger partial charge on any atom is -0.459 e. The smallest absolute Gasteiger partial charge is 0.336 e. The van der Waals surface area contributed by atoms with Crippen molar-refractivity contribution in [3.8, 4) is 0 Å². The molecule has 0 saturated carbocycles. The summed E-state index contributed by atoms with van der Waals surface area (Å²) in [4.78, 5) is 37.5. The number of carbonyl (C=O) groups excluding carboxylic acids is 3. The van der Waals surface area contributed by atoms with E-state index in [1.54, 1.807) is 6.92 Å². The van der Waals surface area contributed by atoms with Gasteiger partial charge in [-0.25, -0.2) is 4.79 Å². The predicted octanol–water partition coefficient (Wildman–Crippen LogP) is 2.26. The molecule has 3 aromatic rings. The lowest BCUT2D eigenvalue weighted by Gasteiger charge is -2.19. The number of benzene rings is 2. The van der Waals surface area contributed by atoms with E-state index < -0.39 is 29.7 Å². The molecule has 0 aliphatic heterocycles. The number of hydrogen-bond acceptors (Lipinski definition) is 5. The summed E-state index contributed by atoms with van der Waals surface area (Å²) >= 11 is 0. The monoisotopic (exact) mass is 421 g/mol. The summed E-state index contributed by atoms with van der Waals surface area (Å²) in [7, 11) is 1.93. The number of aromatic nitrogens is 1. The van der Waals surface area contributed by atoms with Gasteiger partial charge in [0.25, 0.3) is 0 Å². The number of Topliss-reactive ketones (excluding diaryl/α,β-unsaturated/α-hetero) is 1.